The van der Waals surface area contributed by atoms with Gasteiger partial charge in [-0.3, -0.25) is 0 Å². The maximum Gasteiger partial charge on any atom is 0.402 e. The van der Waals surface area contributed by atoms with Gasteiger partial charge < -0.3 is 10.8 Å². The molecule has 0 heterocycles. The van der Waals surface area contributed by atoms with Crippen molar-refractivity contribution < 1.29 is 18.7 Å². The normalized spacial score (nSPS) is 10.4. The molecule has 0 aliphatic carbocycles. The lowest BCUT2D eigenvalue weighted by molar-refractivity contribution is -0.0251. The van der Waals surface area contributed by atoms with Crippen LogP contribution in [-0.2, 0) is 0 Å². The predicted molar refractivity (Wildman–Crippen MR) is 37.7 cm³/mol. The fourth-order valence-corrected chi connectivity index (χ4v) is 0. The molecule has 0 rings (SSSR count). The minimum Gasteiger partial charge on any atom is -0.465 e. The Kier molecular flexibility index (Phi) is 5.66. The molecule has 0 spiro atoms. The Morgan fingerprint density at radius 2 is 1.64 bits per heavy atom. The standard InChI is InChI=1S/C5H10F2.CH3NO2/c1-4(2)5(3,6)7;2-1(3)4/h4H,1-3H3;2H2,(H,3,4). The van der Waals surface area contributed by atoms with Crippen LogP contribution in [0.4, 0.5) is 13.6 Å². The van der Waals surface area contributed by atoms with Gasteiger partial charge in [0, 0.05) is 5.92 Å². The van der Waals surface area contributed by atoms with Gasteiger partial charge in [-0.1, -0.05) is 13.8 Å². The fourth-order valence-electron chi connectivity index (χ4n) is 0. The van der Waals surface area contributed by atoms with Gasteiger partial charge in [-0.05, 0) is 6.92 Å². The number of carboxylic acid groups (broad SMARTS) is 1. The van der Waals surface area contributed by atoms with Crippen LogP contribution in [0, 0.1) is 5.92 Å². The van der Waals surface area contributed by atoms with Crippen molar-refractivity contribution in [2.45, 2.75) is 26.7 Å². The van der Waals surface area contributed by atoms with Crippen molar-refractivity contribution in [3.05, 3.63) is 0 Å². The average molecular weight is 169 g/mol. The van der Waals surface area contributed by atoms with Crippen LogP contribution in [0.2, 0.25) is 0 Å². The molecular formula is C6H13F2NO2. The van der Waals surface area contributed by atoms with Gasteiger partial charge in [0.2, 0.25) is 5.92 Å². The van der Waals surface area contributed by atoms with Gasteiger partial charge in [0.1, 0.15) is 0 Å². The Bertz CT molecular complexity index is 116. The van der Waals surface area contributed by atoms with E-state index < -0.39 is 17.9 Å². The van der Waals surface area contributed by atoms with E-state index in [1.54, 1.807) is 0 Å². The van der Waals surface area contributed by atoms with Crippen molar-refractivity contribution in [3.8, 4) is 0 Å². The maximum absolute atomic E-state index is 11.8. The maximum atomic E-state index is 11.8. The smallest absolute Gasteiger partial charge is 0.402 e. The van der Waals surface area contributed by atoms with Gasteiger partial charge in [0.15, 0.2) is 0 Å². The molecule has 0 aromatic rings. The van der Waals surface area contributed by atoms with Crippen molar-refractivity contribution in [2.75, 3.05) is 0 Å². The van der Waals surface area contributed by atoms with Crippen molar-refractivity contribution in [3.63, 3.8) is 0 Å². The van der Waals surface area contributed by atoms with Crippen LogP contribution >= 0.6 is 0 Å². The minimum absolute atomic E-state index is 0.535. The Morgan fingerprint density at radius 3 is 1.64 bits per heavy atom. The molecule has 0 aromatic heterocycles. The second-order valence-electron chi connectivity index (χ2n) is 2.45. The molecule has 68 valence electrons. The second-order valence-corrected chi connectivity index (χ2v) is 2.45. The summed E-state index contributed by atoms with van der Waals surface area (Å²) in [6.45, 7) is 3.93. The summed E-state index contributed by atoms with van der Waals surface area (Å²) in [5.74, 6) is -3.03. The highest BCUT2D eigenvalue weighted by atomic mass is 19.3. The predicted octanol–water partition coefficient (Wildman–Crippen LogP) is 1.92. The molecule has 5 heteroatoms. The van der Waals surface area contributed by atoms with E-state index in [1.807, 2.05) is 0 Å². The van der Waals surface area contributed by atoms with Gasteiger partial charge in [-0.15, -0.1) is 0 Å². The van der Waals surface area contributed by atoms with Gasteiger partial charge in [0.05, 0.1) is 0 Å². The van der Waals surface area contributed by atoms with E-state index >= 15 is 0 Å². The van der Waals surface area contributed by atoms with E-state index in [4.69, 9.17) is 9.90 Å². The van der Waals surface area contributed by atoms with E-state index in [0.29, 0.717) is 0 Å². The molecule has 0 radical (unpaired) electrons. The van der Waals surface area contributed by atoms with Crippen LogP contribution in [0.1, 0.15) is 20.8 Å². The molecule has 3 nitrogen and oxygen atoms in total. The number of carbonyl (C=O) groups is 1. The Balaban J connectivity index is 0. The second kappa shape index (κ2) is 4.87. The first-order chi connectivity index (χ1) is 4.68. The van der Waals surface area contributed by atoms with Crippen LogP contribution in [-0.4, -0.2) is 17.1 Å². The zero-order valence-corrected chi connectivity index (χ0v) is 6.77. The SMILES string of the molecule is CC(C)C(C)(F)F.NC(=O)O. The number of alkyl halides is 2. The third-order valence-corrected chi connectivity index (χ3v) is 1.01. The summed E-state index contributed by atoms with van der Waals surface area (Å²) < 4.78 is 23.7. The number of primary amides is 1. The average Bonchev–Trinajstić information content (AvgIpc) is 1.59. The molecule has 0 saturated heterocycles. The Hall–Kier alpha value is -0.870. The summed E-state index contributed by atoms with van der Waals surface area (Å²) in [6.07, 6.45) is -1.33. The van der Waals surface area contributed by atoms with Gasteiger partial charge in [-0.2, -0.15) is 0 Å². The highest BCUT2D eigenvalue weighted by molar-refractivity contribution is 5.61. The van der Waals surface area contributed by atoms with E-state index in [0.717, 1.165) is 6.92 Å². The van der Waals surface area contributed by atoms with Crippen LogP contribution < -0.4 is 5.73 Å². The number of amides is 1. The van der Waals surface area contributed by atoms with Crippen molar-refractivity contribution in [1.29, 1.82) is 0 Å². The van der Waals surface area contributed by atoms with Gasteiger partial charge >= 0.3 is 6.09 Å². The summed E-state index contributed by atoms with van der Waals surface area (Å²) in [5, 5.41) is 7.19. The third-order valence-electron chi connectivity index (χ3n) is 1.01. The molecule has 0 saturated carbocycles. The third kappa shape index (κ3) is 17.6. The summed E-state index contributed by atoms with van der Waals surface area (Å²) in [4.78, 5) is 8.78. The summed E-state index contributed by atoms with van der Waals surface area (Å²) in [5.41, 5.74) is 4.03. The lowest BCUT2D eigenvalue weighted by Crippen LogP contribution is -2.17. The van der Waals surface area contributed by atoms with E-state index in [9.17, 15) is 8.78 Å². The molecule has 11 heavy (non-hydrogen) atoms. The van der Waals surface area contributed by atoms with Crippen molar-refractivity contribution in [2.24, 2.45) is 11.7 Å². The molecule has 1 amide bonds. The van der Waals surface area contributed by atoms with Crippen LogP contribution in [0.3, 0.4) is 0 Å². The monoisotopic (exact) mass is 169 g/mol. The van der Waals surface area contributed by atoms with Crippen LogP contribution in [0.25, 0.3) is 0 Å². The van der Waals surface area contributed by atoms with Crippen LogP contribution in [0.5, 0.6) is 0 Å². The summed E-state index contributed by atoms with van der Waals surface area (Å²) in [7, 11) is 0. The van der Waals surface area contributed by atoms with Gasteiger partial charge in [-0.25, -0.2) is 13.6 Å². The molecule has 0 bridgehead atoms. The molecule has 0 fully saturated rings. The topological polar surface area (TPSA) is 63.3 Å². The van der Waals surface area contributed by atoms with Crippen LogP contribution in [0.15, 0.2) is 0 Å². The zero-order chi connectivity index (χ0) is 9.65. The summed E-state index contributed by atoms with van der Waals surface area (Å²) in [6, 6.07) is 0. The zero-order valence-electron chi connectivity index (χ0n) is 6.77. The van der Waals surface area contributed by atoms with E-state index in [1.165, 1.54) is 13.8 Å². The number of halogens is 2. The Labute approximate surface area is 64.2 Å². The fraction of sp³-hybridized carbons (Fsp3) is 0.833. The molecule has 0 aliphatic heterocycles. The number of hydrogen-bond acceptors (Lipinski definition) is 1. The number of rotatable bonds is 1. The highest BCUT2D eigenvalue weighted by Crippen LogP contribution is 2.21. The molecule has 3 N–H and O–H groups in total. The van der Waals surface area contributed by atoms with E-state index in [2.05, 4.69) is 5.73 Å². The number of nitrogens with two attached hydrogens (primary N) is 1. The lowest BCUT2D eigenvalue weighted by atomic mass is 10.1. The number of hydrogen-bond donors (Lipinski definition) is 2. The first kappa shape index (κ1) is 12.8. The largest absolute Gasteiger partial charge is 0.465 e. The minimum atomic E-state index is -2.50. The molecule has 0 atom stereocenters. The summed E-state index contributed by atoms with van der Waals surface area (Å²) >= 11 is 0. The molecule has 0 aliphatic rings. The quantitative estimate of drug-likeness (QED) is 0.629. The molecule has 0 aromatic carbocycles. The molecule has 0 unspecified atom stereocenters. The van der Waals surface area contributed by atoms with E-state index in [-0.39, 0.29) is 0 Å². The van der Waals surface area contributed by atoms with Crippen molar-refractivity contribution >= 4 is 6.09 Å². The first-order valence-corrected chi connectivity index (χ1v) is 3.04. The Morgan fingerprint density at radius 1 is 1.55 bits per heavy atom. The highest BCUT2D eigenvalue weighted by Gasteiger charge is 2.25. The molecular weight excluding hydrogens is 156 g/mol. The van der Waals surface area contributed by atoms with Gasteiger partial charge in [0.25, 0.3) is 0 Å². The lowest BCUT2D eigenvalue weighted by Gasteiger charge is -2.12. The first-order valence-electron chi connectivity index (χ1n) is 3.04. The van der Waals surface area contributed by atoms with Crippen molar-refractivity contribution in [1.82, 2.24) is 0 Å².